The van der Waals surface area contributed by atoms with Gasteiger partial charge in [0.15, 0.2) is 0 Å². The molecule has 1 atom stereocenters. The largest absolute Gasteiger partial charge is 0.462 e. The summed E-state index contributed by atoms with van der Waals surface area (Å²) in [6, 6.07) is 15.4. The Kier molecular flexibility index (Phi) is 8.27. The van der Waals surface area contributed by atoms with Gasteiger partial charge in [-0.3, -0.25) is 4.90 Å². The lowest BCUT2D eigenvalue weighted by atomic mass is 10.0. The molecule has 3 aromatic rings. The minimum Gasteiger partial charge on any atom is -0.462 e. The Morgan fingerprint density at radius 2 is 1.63 bits per heavy atom. The third kappa shape index (κ3) is 6.25. The van der Waals surface area contributed by atoms with Gasteiger partial charge in [0.05, 0.1) is 30.1 Å². The summed E-state index contributed by atoms with van der Waals surface area (Å²) in [6.45, 7) is 8.44. The standard InChI is InChI=1S/C27H31N3O4.H2S/c1-5-33-25(31)21-14-10-19(11-15-21)18-8-12-20(13-9-18)22-17-28-24(29-22)23-7-6-16-30(23)26(32)34-27(2,3)4;/h8-15,17,23H,5-7,16H2,1-4H3,(H,28,29);1H2/t23-;/m0./s1. The van der Waals surface area contributed by atoms with Gasteiger partial charge in [-0.2, -0.15) is 13.5 Å². The van der Waals surface area contributed by atoms with Crippen molar-refractivity contribution in [1.82, 2.24) is 14.9 Å². The summed E-state index contributed by atoms with van der Waals surface area (Å²) in [5, 5.41) is 0. The average Bonchev–Trinajstić information content (AvgIpc) is 3.48. The molecule has 0 radical (unpaired) electrons. The van der Waals surface area contributed by atoms with Crippen LogP contribution in [0.1, 0.15) is 62.8 Å². The SMILES string of the molecule is CCOC(=O)c1ccc(-c2ccc(-c3cnc([C@@H]4CCCN4C(=O)OC(C)(C)C)[nH]3)cc2)cc1.S. The number of carbonyl (C=O) groups is 2. The summed E-state index contributed by atoms with van der Waals surface area (Å²) in [5.74, 6) is 0.462. The maximum atomic E-state index is 12.6. The highest BCUT2D eigenvalue weighted by molar-refractivity contribution is 7.59. The first-order valence-corrected chi connectivity index (χ1v) is 11.7. The summed E-state index contributed by atoms with van der Waals surface area (Å²) in [7, 11) is 0. The van der Waals surface area contributed by atoms with Crippen LogP contribution < -0.4 is 0 Å². The normalized spacial score (nSPS) is 15.4. The number of H-pyrrole nitrogens is 1. The fourth-order valence-corrected chi connectivity index (χ4v) is 4.10. The number of ether oxygens (including phenoxy) is 2. The first kappa shape index (κ1) is 26.3. The lowest BCUT2D eigenvalue weighted by molar-refractivity contribution is 0.0218. The summed E-state index contributed by atoms with van der Waals surface area (Å²) in [5.41, 5.74) is 3.98. The van der Waals surface area contributed by atoms with Crippen LogP contribution in [0.4, 0.5) is 4.79 Å². The number of esters is 1. The van der Waals surface area contributed by atoms with Gasteiger partial charge in [0.1, 0.15) is 11.4 Å². The van der Waals surface area contributed by atoms with Crippen LogP contribution >= 0.6 is 13.5 Å². The first-order chi connectivity index (χ1) is 16.2. The fourth-order valence-electron chi connectivity index (χ4n) is 4.10. The number of imidazole rings is 1. The number of aromatic nitrogens is 2. The lowest BCUT2D eigenvalue weighted by Crippen LogP contribution is -2.36. The minimum absolute atomic E-state index is 0. The third-order valence-electron chi connectivity index (χ3n) is 5.72. The molecule has 2 heterocycles. The number of nitrogens with zero attached hydrogens (tertiary/aromatic N) is 2. The molecule has 0 spiro atoms. The number of benzene rings is 2. The van der Waals surface area contributed by atoms with E-state index in [9.17, 15) is 9.59 Å². The number of rotatable bonds is 5. The second-order valence-electron chi connectivity index (χ2n) is 9.39. The van der Waals surface area contributed by atoms with E-state index in [2.05, 4.69) is 9.97 Å². The molecule has 1 aliphatic heterocycles. The number of hydrogen-bond acceptors (Lipinski definition) is 5. The Bertz CT molecular complexity index is 1150. The number of hydrogen-bond donors (Lipinski definition) is 1. The van der Waals surface area contributed by atoms with Gasteiger partial charge in [0.25, 0.3) is 0 Å². The number of nitrogens with one attached hydrogen (secondary N) is 1. The van der Waals surface area contributed by atoms with Crippen LogP contribution in [0.25, 0.3) is 22.4 Å². The molecule has 35 heavy (non-hydrogen) atoms. The molecular weight excluding hydrogens is 462 g/mol. The zero-order valence-corrected chi connectivity index (χ0v) is 21.6. The van der Waals surface area contributed by atoms with Crippen molar-refractivity contribution in [3.8, 4) is 22.4 Å². The van der Waals surface area contributed by atoms with Crippen molar-refractivity contribution in [3.05, 3.63) is 66.1 Å². The van der Waals surface area contributed by atoms with Gasteiger partial charge in [-0.15, -0.1) is 0 Å². The Hall–Kier alpha value is -3.26. The molecule has 1 N–H and O–H groups in total. The summed E-state index contributed by atoms with van der Waals surface area (Å²) in [6.07, 6.45) is 3.28. The van der Waals surface area contributed by atoms with Crippen molar-refractivity contribution in [1.29, 1.82) is 0 Å². The molecule has 1 aromatic heterocycles. The zero-order valence-electron chi connectivity index (χ0n) is 20.6. The van der Waals surface area contributed by atoms with Crippen molar-refractivity contribution in [2.45, 2.75) is 52.2 Å². The van der Waals surface area contributed by atoms with E-state index in [4.69, 9.17) is 9.47 Å². The molecule has 2 aromatic carbocycles. The van der Waals surface area contributed by atoms with Crippen LogP contribution in [0.15, 0.2) is 54.7 Å². The number of amides is 1. The van der Waals surface area contributed by atoms with Gasteiger partial charge < -0.3 is 14.5 Å². The van der Waals surface area contributed by atoms with Gasteiger partial charge in [-0.25, -0.2) is 14.6 Å². The Morgan fingerprint density at radius 1 is 1.03 bits per heavy atom. The van der Waals surface area contributed by atoms with E-state index in [1.807, 2.05) is 63.4 Å². The van der Waals surface area contributed by atoms with Crippen LogP contribution in [0.5, 0.6) is 0 Å². The van der Waals surface area contributed by atoms with Crippen LogP contribution in [-0.4, -0.2) is 45.7 Å². The smallest absolute Gasteiger partial charge is 0.410 e. The summed E-state index contributed by atoms with van der Waals surface area (Å²) < 4.78 is 10.6. The summed E-state index contributed by atoms with van der Waals surface area (Å²) in [4.78, 5) is 34.2. The molecule has 1 amide bonds. The van der Waals surface area contributed by atoms with E-state index in [-0.39, 0.29) is 31.6 Å². The molecule has 0 unspecified atom stereocenters. The molecule has 8 heteroatoms. The Balaban J connectivity index is 0.00000342. The number of carbonyl (C=O) groups excluding carboxylic acids is 2. The van der Waals surface area contributed by atoms with Crippen molar-refractivity contribution in [2.75, 3.05) is 13.2 Å². The van der Waals surface area contributed by atoms with Crippen LogP contribution in [0, 0.1) is 0 Å². The monoisotopic (exact) mass is 495 g/mol. The molecule has 186 valence electrons. The number of likely N-dealkylation sites (tertiary alicyclic amines) is 1. The second-order valence-corrected chi connectivity index (χ2v) is 9.39. The van der Waals surface area contributed by atoms with Crippen molar-refractivity contribution in [2.24, 2.45) is 0 Å². The maximum Gasteiger partial charge on any atom is 0.410 e. The highest BCUT2D eigenvalue weighted by Crippen LogP contribution is 2.33. The minimum atomic E-state index is -0.528. The zero-order chi connectivity index (χ0) is 24.3. The molecule has 1 saturated heterocycles. The van der Waals surface area contributed by atoms with E-state index in [0.717, 1.165) is 41.1 Å². The first-order valence-electron chi connectivity index (χ1n) is 11.7. The predicted molar refractivity (Wildman–Crippen MR) is 141 cm³/mol. The average molecular weight is 496 g/mol. The highest BCUT2D eigenvalue weighted by atomic mass is 32.1. The van der Waals surface area contributed by atoms with E-state index in [0.29, 0.717) is 18.7 Å². The predicted octanol–water partition coefficient (Wildman–Crippen LogP) is 6.11. The van der Waals surface area contributed by atoms with Crippen molar-refractivity contribution < 1.29 is 19.1 Å². The second kappa shape index (κ2) is 11.0. The van der Waals surface area contributed by atoms with E-state index in [1.165, 1.54) is 0 Å². The van der Waals surface area contributed by atoms with Gasteiger partial charge >= 0.3 is 12.1 Å². The molecular formula is C27H33N3O4S. The Labute approximate surface area is 213 Å². The molecule has 1 aliphatic rings. The van der Waals surface area contributed by atoms with Gasteiger partial charge in [-0.05, 0) is 69.4 Å². The molecule has 0 saturated carbocycles. The van der Waals surface area contributed by atoms with E-state index >= 15 is 0 Å². The van der Waals surface area contributed by atoms with Crippen LogP contribution in [-0.2, 0) is 9.47 Å². The summed E-state index contributed by atoms with van der Waals surface area (Å²) >= 11 is 0. The molecule has 1 fully saturated rings. The van der Waals surface area contributed by atoms with Gasteiger partial charge in [0, 0.05) is 6.54 Å². The third-order valence-corrected chi connectivity index (χ3v) is 5.72. The van der Waals surface area contributed by atoms with Gasteiger partial charge in [0.2, 0.25) is 0 Å². The Morgan fingerprint density at radius 3 is 2.23 bits per heavy atom. The molecule has 0 bridgehead atoms. The van der Waals surface area contributed by atoms with Crippen LogP contribution in [0.3, 0.4) is 0 Å². The molecule has 4 rings (SSSR count). The quantitative estimate of drug-likeness (QED) is 0.432. The lowest BCUT2D eigenvalue weighted by Gasteiger charge is -2.27. The highest BCUT2D eigenvalue weighted by Gasteiger charge is 2.34. The van der Waals surface area contributed by atoms with Gasteiger partial charge in [-0.1, -0.05) is 36.4 Å². The fraction of sp³-hybridized carbons (Fsp3) is 0.370. The van der Waals surface area contributed by atoms with E-state index < -0.39 is 5.60 Å². The molecule has 0 aliphatic carbocycles. The van der Waals surface area contributed by atoms with Crippen LogP contribution in [0.2, 0.25) is 0 Å². The topological polar surface area (TPSA) is 84.5 Å². The van der Waals surface area contributed by atoms with Crippen molar-refractivity contribution >= 4 is 25.6 Å². The van der Waals surface area contributed by atoms with E-state index in [1.54, 1.807) is 24.0 Å². The number of aromatic amines is 1. The van der Waals surface area contributed by atoms with Crippen molar-refractivity contribution in [3.63, 3.8) is 0 Å². The maximum absolute atomic E-state index is 12.6. The molecule has 7 nitrogen and oxygen atoms in total.